The van der Waals surface area contributed by atoms with Crippen molar-refractivity contribution < 1.29 is 9.09 Å². The third-order valence-corrected chi connectivity index (χ3v) is 13.2. The van der Waals surface area contributed by atoms with Crippen LogP contribution in [0.5, 0.6) is 0 Å². The Bertz CT molecular complexity index is 617. The summed E-state index contributed by atoms with van der Waals surface area (Å²) in [6, 6.07) is 9.33. The molecule has 4 heteroatoms. The molecule has 0 aliphatic heterocycles. The Labute approximate surface area is 149 Å². The van der Waals surface area contributed by atoms with Crippen LogP contribution < -0.4 is 5.30 Å². The quantitative estimate of drug-likeness (QED) is 0.258. The number of benzene rings is 1. The van der Waals surface area contributed by atoms with Crippen LogP contribution in [0.4, 0.5) is 0 Å². The van der Waals surface area contributed by atoms with Crippen LogP contribution in [0.2, 0.25) is 16.6 Å². The molecule has 0 radical (unpaired) electrons. The molecule has 1 aromatic carbocycles. The summed E-state index contributed by atoms with van der Waals surface area (Å²) >= 11 is 0. The lowest BCUT2D eigenvalue weighted by Crippen LogP contribution is -2.43. The van der Waals surface area contributed by atoms with Crippen LogP contribution in [0, 0.1) is 11.2 Å². The van der Waals surface area contributed by atoms with Crippen molar-refractivity contribution in [2.45, 2.75) is 58.2 Å². The molecular weight excluding hydrogens is 331 g/mol. The zero-order valence-electron chi connectivity index (χ0n) is 15.9. The van der Waals surface area contributed by atoms with Gasteiger partial charge in [-0.25, -0.2) is 0 Å². The summed E-state index contributed by atoms with van der Waals surface area (Å²) in [5.41, 5.74) is 8.16. The van der Waals surface area contributed by atoms with Crippen LogP contribution >= 0.6 is 7.37 Å². The molecular formula is C20H31O2PSi. The summed E-state index contributed by atoms with van der Waals surface area (Å²) in [5.74, 6) is 0. The molecule has 0 heterocycles. The Morgan fingerprint density at radius 2 is 1.58 bits per heavy atom. The number of hydrogen-bond donors (Lipinski definition) is 0. The van der Waals surface area contributed by atoms with Gasteiger partial charge in [-0.1, -0.05) is 65.8 Å². The van der Waals surface area contributed by atoms with Crippen LogP contribution in [-0.4, -0.2) is 14.7 Å². The smallest absolute Gasteiger partial charge is 0.302 e. The number of rotatable bonds is 7. The molecule has 132 valence electrons. The first-order valence-corrected chi connectivity index (χ1v) is 12.5. The zero-order chi connectivity index (χ0) is 18.4. The van der Waals surface area contributed by atoms with Crippen molar-refractivity contribution in [2.75, 3.05) is 6.61 Å². The number of hydrogen-bond acceptors (Lipinski definition) is 2. The van der Waals surface area contributed by atoms with E-state index in [4.69, 9.17) is 4.52 Å². The maximum atomic E-state index is 13.5. The highest BCUT2D eigenvalue weighted by atomic mass is 31.2. The normalized spacial score (nSPS) is 14.4. The molecule has 1 rings (SSSR count). The summed E-state index contributed by atoms with van der Waals surface area (Å²) in [5, 5.41) is 0.665. The Kier molecular flexibility index (Phi) is 7.74. The fourth-order valence-electron chi connectivity index (χ4n) is 3.56. The van der Waals surface area contributed by atoms with E-state index >= 15 is 0 Å². The van der Waals surface area contributed by atoms with E-state index in [0.717, 1.165) is 0 Å². The average molecular weight is 363 g/mol. The highest BCUT2D eigenvalue weighted by molar-refractivity contribution is 7.72. The van der Waals surface area contributed by atoms with E-state index < -0.39 is 15.4 Å². The van der Waals surface area contributed by atoms with Crippen molar-refractivity contribution in [3.05, 3.63) is 43.0 Å². The molecule has 0 N–H and O–H groups in total. The van der Waals surface area contributed by atoms with E-state index in [9.17, 15) is 4.57 Å². The lowest BCUT2D eigenvalue weighted by atomic mass is 10.4. The molecule has 0 aromatic heterocycles. The van der Waals surface area contributed by atoms with Gasteiger partial charge in [0.25, 0.3) is 0 Å². The van der Waals surface area contributed by atoms with E-state index in [0.29, 0.717) is 21.9 Å². The molecule has 0 aliphatic rings. The summed E-state index contributed by atoms with van der Waals surface area (Å²) in [6.45, 7) is 17.4. The average Bonchev–Trinajstić information content (AvgIpc) is 2.53. The zero-order valence-corrected chi connectivity index (χ0v) is 17.8. The summed E-state index contributed by atoms with van der Waals surface area (Å²) in [6.07, 6.45) is 1.62. The van der Waals surface area contributed by atoms with Crippen LogP contribution in [0.3, 0.4) is 0 Å². The van der Waals surface area contributed by atoms with E-state index in [2.05, 4.69) is 59.3 Å². The van der Waals surface area contributed by atoms with Gasteiger partial charge in [-0.2, -0.15) is 0 Å². The molecule has 0 spiro atoms. The first-order chi connectivity index (χ1) is 11.2. The van der Waals surface area contributed by atoms with Crippen molar-refractivity contribution >= 4 is 20.7 Å². The second kappa shape index (κ2) is 8.86. The first-order valence-electron chi connectivity index (χ1n) is 8.66. The minimum atomic E-state index is -3.20. The largest absolute Gasteiger partial charge is 0.312 e. The third-order valence-electron chi connectivity index (χ3n) is 4.76. The van der Waals surface area contributed by atoms with Crippen LogP contribution in [0.15, 0.2) is 43.0 Å². The van der Waals surface area contributed by atoms with Gasteiger partial charge in [-0.05, 0) is 34.4 Å². The second-order valence-electron chi connectivity index (χ2n) is 7.11. The van der Waals surface area contributed by atoms with Crippen LogP contribution in [0.25, 0.3) is 0 Å². The fourth-order valence-corrected chi connectivity index (χ4v) is 11.0. The van der Waals surface area contributed by atoms with Gasteiger partial charge in [0.2, 0.25) is 0 Å². The molecule has 2 nitrogen and oxygen atoms in total. The maximum Gasteiger partial charge on any atom is 0.302 e. The third kappa shape index (κ3) is 4.51. The SMILES string of the molecule is C=CCOP(=O)(C#C[Si](C(C)C)(C(C)C)C(C)C)c1ccccc1. The van der Waals surface area contributed by atoms with Crippen molar-refractivity contribution in [1.82, 2.24) is 0 Å². The van der Waals surface area contributed by atoms with Crippen LogP contribution in [-0.2, 0) is 9.09 Å². The maximum absolute atomic E-state index is 13.5. The molecule has 0 saturated carbocycles. The molecule has 0 aliphatic carbocycles. The van der Waals surface area contributed by atoms with Crippen molar-refractivity contribution in [1.29, 1.82) is 0 Å². The van der Waals surface area contributed by atoms with Gasteiger partial charge >= 0.3 is 7.37 Å². The topological polar surface area (TPSA) is 26.3 Å². The highest BCUT2D eigenvalue weighted by Gasteiger charge is 2.42. The lowest BCUT2D eigenvalue weighted by molar-refractivity contribution is 0.369. The molecule has 0 bridgehead atoms. The van der Waals surface area contributed by atoms with Crippen molar-refractivity contribution in [3.63, 3.8) is 0 Å². The van der Waals surface area contributed by atoms with E-state index in [-0.39, 0.29) is 6.61 Å². The molecule has 1 atom stereocenters. The van der Waals surface area contributed by atoms with Crippen LogP contribution in [0.1, 0.15) is 41.5 Å². The molecule has 1 aromatic rings. The minimum Gasteiger partial charge on any atom is -0.312 e. The van der Waals surface area contributed by atoms with Gasteiger partial charge in [0, 0.05) is 5.30 Å². The summed E-state index contributed by atoms with van der Waals surface area (Å²) < 4.78 is 19.2. The molecule has 0 fully saturated rings. The van der Waals surface area contributed by atoms with E-state index in [1.165, 1.54) is 0 Å². The van der Waals surface area contributed by atoms with Gasteiger partial charge < -0.3 is 4.52 Å². The van der Waals surface area contributed by atoms with E-state index in [1.54, 1.807) is 6.08 Å². The van der Waals surface area contributed by atoms with Gasteiger partial charge in [0.15, 0.2) is 0 Å². The summed E-state index contributed by atoms with van der Waals surface area (Å²) in [4.78, 5) is 0. The second-order valence-corrected chi connectivity index (χ2v) is 14.8. The molecule has 0 amide bonds. The van der Waals surface area contributed by atoms with Gasteiger partial charge in [-0.3, -0.25) is 4.57 Å². The van der Waals surface area contributed by atoms with Gasteiger partial charge in [0.05, 0.1) is 6.61 Å². The summed E-state index contributed by atoms with van der Waals surface area (Å²) in [7, 11) is -5.15. The Morgan fingerprint density at radius 3 is 2.00 bits per heavy atom. The Morgan fingerprint density at radius 1 is 1.08 bits per heavy atom. The van der Waals surface area contributed by atoms with E-state index in [1.807, 2.05) is 30.3 Å². The van der Waals surface area contributed by atoms with Gasteiger partial charge in [0.1, 0.15) is 8.07 Å². The molecule has 24 heavy (non-hydrogen) atoms. The monoisotopic (exact) mass is 362 g/mol. The lowest BCUT2D eigenvalue weighted by Gasteiger charge is -2.38. The first kappa shape index (κ1) is 21.0. The standard InChI is InChI=1S/C20H31O2PSi/c1-8-14-22-23(21,20-12-10-9-11-13-20)15-16-24(17(2)3,18(4)5)19(6)7/h8-13,17-19H,1,14H2,2-7H3. The predicted molar refractivity (Wildman–Crippen MR) is 109 cm³/mol. The fraction of sp³-hybridized carbons (Fsp3) is 0.500. The van der Waals surface area contributed by atoms with Crippen molar-refractivity contribution in [3.8, 4) is 11.2 Å². The van der Waals surface area contributed by atoms with Crippen molar-refractivity contribution in [2.24, 2.45) is 0 Å². The Balaban J connectivity index is 3.45. The van der Waals surface area contributed by atoms with Gasteiger partial charge in [-0.15, -0.1) is 12.1 Å². The Hall–Kier alpha value is -1.07. The molecule has 1 unspecified atom stereocenters. The highest BCUT2D eigenvalue weighted by Crippen LogP contribution is 2.47. The molecule has 0 saturated heterocycles. The minimum absolute atomic E-state index is 0.237. The predicted octanol–water partition coefficient (Wildman–Crippen LogP) is 5.97.